The van der Waals surface area contributed by atoms with Crippen LogP contribution in [0.2, 0.25) is 0 Å². The van der Waals surface area contributed by atoms with Gasteiger partial charge in [0.2, 0.25) is 11.7 Å². The first-order valence-corrected chi connectivity index (χ1v) is 9.60. The maximum Gasteiger partial charge on any atom is 0.259 e. The van der Waals surface area contributed by atoms with Crippen molar-refractivity contribution in [2.45, 2.75) is 6.42 Å². The Bertz CT molecular complexity index is 1200. The number of ether oxygens (including phenoxy) is 1. The summed E-state index contributed by atoms with van der Waals surface area (Å²) >= 11 is 6.85. The van der Waals surface area contributed by atoms with Crippen molar-refractivity contribution in [1.82, 2.24) is 15.1 Å². The van der Waals surface area contributed by atoms with Crippen LogP contribution in [0.25, 0.3) is 22.3 Å². The molecule has 0 fully saturated rings. The summed E-state index contributed by atoms with van der Waals surface area (Å²) in [5.41, 5.74) is 1.75. The van der Waals surface area contributed by atoms with Crippen LogP contribution in [0.3, 0.4) is 0 Å². The van der Waals surface area contributed by atoms with Gasteiger partial charge in [-0.3, -0.25) is 4.79 Å². The van der Waals surface area contributed by atoms with Crippen molar-refractivity contribution in [2.75, 3.05) is 7.11 Å². The Labute approximate surface area is 170 Å². The number of halogens is 2. The topological polar surface area (TPSA) is 81.0 Å². The van der Waals surface area contributed by atoms with Gasteiger partial charge in [-0.1, -0.05) is 43.1 Å². The number of aromatic nitrogens is 3. The standard InChI is InChI=1S/C19H13Br2N3O3/c1-26-16-9-13(21)3-2-10(16)8-17-23-18(24-27-17)14-7-11-6-12(20)4-5-15(11)22-19(14)25/h2-7,9H,8H2,1H3,(H,22,25). The molecule has 0 radical (unpaired) electrons. The van der Waals surface area contributed by atoms with E-state index in [0.717, 1.165) is 31.2 Å². The van der Waals surface area contributed by atoms with Crippen molar-refractivity contribution in [3.8, 4) is 17.1 Å². The third-order valence-electron chi connectivity index (χ3n) is 4.11. The molecule has 0 aliphatic carbocycles. The van der Waals surface area contributed by atoms with Gasteiger partial charge in [-0.05, 0) is 36.4 Å². The van der Waals surface area contributed by atoms with Crippen LogP contribution in [0.1, 0.15) is 11.5 Å². The van der Waals surface area contributed by atoms with Crippen molar-refractivity contribution in [1.29, 1.82) is 0 Å². The summed E-state index contributed by atoms with van der Waals surface area (Å²) in [6, 6.07) is 13.1. The lowest BCUT2D eigenvalue weighted by atomic mass is 10.1. The summed E-state index contributed by atoms with van der Waals surface area (Å²) in [4.78, 5) is 19.6. The normalized spacial score (nSPS) is 11.1. The molecule has 0 unspecified atom stereocenters. The second-order valence-corrected chi connectivity index (χ2v) is 7.72. The molecule has 0 aliphatic rings. The highest BCUT2D eigenvalue weighted by molar-refractivity contribution is 9.10. The molecule has 0 spiro atoms. The molecule has 0 bridgehead atoms. The number of methoxy groups -OCH3 is 1. The SMILES string of the molecule is COc1cc(Br)ccc1Cc1nc(-c2cc3cc(Br)ccc3[nH]c2=O)no1. The molecule has 27 heavy (non-hydrogen) atoms. The summed E-state index contributed by atoms with van der Waals surface area (Å²) in [6.07, 6.45) is 0.403. The summed E-state index contributed by atoms with van der Waals surface area (Å²) in [5, 5.41) is 4.85. The van der Waals surface area contributed by atoms with Crippen molar-refractivity contribution >= 4 is 42.8 Å². The number of nitrogens with zero attached hydrogens (tertiary/aromatic N) is 2. The van der Waals surface area contributed by atoms with Crippen LogP contribution >= 0.6 is 31.9 Å². The van der Waals surface area contributed by atoms with E-state index in [4.69, 9.17) is 9.26 Å². The molecular formula is C19H13Br2N3O3. The van der Waals surface area contributed by atoms with Gasteiger partial charge >= 0.3 is 0 Å². The smallest absolute Gasteiger partial charge is 0.259 e. The molecule has 8 heteroatoms. The van der Waals surface area contributed by atoms with E-state index in [-0.39, 0.29) is 11.4 Å². The molecule has 6 nitrogen and oxygen atoms in total. The fourth-order valence-corrected chi connectivity index (χ4v) is 3.53. The Balaban J connectivity index is 1.70. The molecule has 0 aliphatic heterocycles. The van der Waals surface area contributed by atoms with Gasteiger partial charge in [-0.25, -0.2) is 0 Å². The molecule has 1 N–H and O–H groups in total. The van der Waals surface area contributed by atoms with E-state index in [1.807, 2.05) is 36.4 Å². The van der Waals surface area contributed by atoms with Crippen molar-refractivity contribution < 1.29 is 9.26 Å². The predicted octanol–water partition coefficient (Wildman–Crippen LogP) is 4.70. The Morgan fingerprint density at radius 2 is 1.89 bits per heavy atom. The van der Waals surface area contributed by atoms with E-state index in [1.165, 1.54) is 0 Å². The lowest BCUT2D eigenvalue weighted by molar-refractivity contribution is 0.379. The molecule has 2 aromatic heterocycles. The average molecular weight is 491 g/mol. The highest BCUT2D eigenvalue weighted by Gasteiger charge is 2.15. The van der Waals surface area contributed by atoms with Crippen LogP contribution in [0.15, 0.2) is 60.7 Å². The number of hydrogen-bond donors (Lipinski definition) is 1. The van der Waals surface area contributed by atoms with Crippen LogP contribution in [0.4, 0.5) is 0 Å². The van der Waals surface area contributed by atoms with E-state index < -0.39 is 0 Å². The number of aromatic amines is 1. The van der Waals surface area contributed by atoms with Gasteiger partial charge in [0.25, 0.3) is 5.56 Å². The Hall–Kier alpha value is -2.45. The molecule has 4 rings (SSSR count). The molecule has 0 amide bonds. The lowest BCUT2D eigenvalue weighted by Gasteiger charge is -2.06. The Kier molecular flexibility index (Phi) is 4.84. The fraction of sp³-hybridized carbons (Fsp3) is 0.105. The summed E-state index contributed by atoms with van der Waals surface area (Å²) in [6.45, 7) is 0. The van der Waals surface area contributed by atoms with E-state index in [0.29, 0.717) is 17.9 Å². The maximum absolute atomic E-state index is 12.4. The molecular weight excluding hydrogens is 478 g/mol. The van der Waals surface area contributed by atoms with Gasteiger partial charge in [0.15, 0.2) is 0 Å². The second-order valence-electron chi connectivity index (χ2n) is 5.89. The van der Waals surface area contributed by atoms with Crippen molar-refractivity contribution in [3.05, 3.63) is 73.2 Å². The van der Waals surface area contributed by atoms with Gasteiger partial charge in [0.05, 0.1) is 19.1 Å². The minimum absolute atomic E-state index is 0.254. The predicted molar refractivity (Wildman–Crippen MR) is 109 cm³/mol. The van der Waals surface area contributed by atoms with Crippen molar-refractivity contribution in [2.24, 2.45) is 0 Å². The highest BCUT2D eigenvalue weighted by Crippen LogP contribution is 2.26. The molecule has 136 valence electrons. The first-order valence-electron chi connectivity index (χ1n) is 8.01. The molecule has 0 atom stereocenters. The van der Waals surface area contributed by atoms with E-state index in [1.54, 1.807) is 13.2 Å². The molecule has 0 saturated heterocycles. The monoisotopic (exact) mass is 489 g/mol. The fourth-order valence-electron chi connectivity index (χ4n) is 2.81. The number of pyridine rings is 1. The Morgan fingerprint density at radius 3 is 2.70 bits per heavy atom. The van der Waals surface area contributed by atoms with Gasteiger partial charge < -0.3 is 14.2 Å². The first kappa shape index (κ1) is 17.9. The molecule has 4 aromatic rings. The van der Waals surface area contributed by atoms with E-state index in [2.05, 4.69) is 47.0 Å². The number of H-pyrrole nitrogens is 1. The average Bonchev–Trinajstić information content (AvgIpc) is 3.11. The summed E-state index contributed by atoms with van der Waals surface area (Å²) in [5.74, 6) is 1.38. The maximum atomic E-state index is 12.4. The van der Waals surface area contributed by atoms with Crippen molar-refractivity contribution in [3.63, 3.8) is 0 Å². The molecule has 0 saturated carbocycles. The van der Waals surface area contributed by atoms with Crippen LogP contribution in [0.5, 0.6) is 5.75 Å². The lowest BCUT2D eigenvalue weighted by Crippen LogP contribution is -2.09. The first-order chi connectivity index (χ1) is 13.0. The zero-order valence-electron chi connectivity index (χ0n) is 14.1. The van der Waals surface area contributed by atoms with Gasteiger partial charge in [0, 0.05) is 25.4 Å². The minimum Gasteiger partial charge on any atom is -0.496 e. The van der Waals surface area contributed by atoms with Gasteiger partial charge in [-0.15, -0.1) is 0 Å². The Morgan fingerprint density at radius 1 is 1.11 bits per heavy atom. The van der Waals surface area contributed by atoms with E-state index in [9.17, 15) is 4.79 Å². The number of fused-ring (bicyclic) bond motifs is 1. The number of benzene rings is 2. The zero-order chi connectivity index (χ0) is 19.0. The van der Waals surface area contributed by atoms with Crippen LogP contribution in [0, 0.1) is 0 Å². The highest BCUT2D eigenvalue weighted by atomic mass is 79.9. The quantitative estimate of drug-likeness (QED) is 0.448. The van der Waals surface area contributed by atoms with Gasteiger partial charge in [0.1, 0.15) is 5.75 Å². The third kappa shape index (κ3) is 3.68. The summed E-state index contributed by atoms with van der Waals surface area (Å²) in [7, 11) is 1.61. The van der Waals surface area contributed by atoms with Gasteiger partial charge in [-0.2, -0.15) is 4.98 Å². The number of rotatable bonds is 4. The third-order valence-corrected chi connectivity index (χ3v) is 5.09. The largest absolute Gasteiger partial charge is 0.496 e. The molecule has 2 aromatic carbocycles. The van der Waals surface area contributed by atoms with Crippen LogP contribution in [-0.2, 0) is 6.42 Å². The minimum atomic E-state index is -0.265. The number of nitrogens with one attached hydrogen (secondary N) is 1. The second kappa shape index (κ2) is 7.28. The van der Waals surface area contributed by atoms with Crippen LogP contribution in [-0.4, -0.2) is 22.2 Å². The van der Waals surface area contributed by atoms with E-state index >= 15 is 0 Å². The molecule has 2 heterocycles. The number of hydrogen-bond acceptors (Lipinski definition) is 5. The zero-order valence-corrected chi connectivity index (χ0v) is 17.3. The van der Waals surface area contributed by atoms with Crippen LogP contribution < -0.4 is 10.3 Å². The summed E-state index contributed by atoms with van der Waals surface area (Å²) < 4.78 is 12.6.